The van der Waals surface area contributed by atoms with Crippen molar-refractivity contribution in [3.63, 3.8) is 0 Å². The molecule has 0 saturated carbocycles. The normalized spacial score (nSPS) is 13.3. The number of aryl methyl sites for hydroxylation is 1. The van der Waals surface area contributed by atoms with E-state index in [2.05, 4.69) is 14.9 Å². The Bertz CT molecular complexity index is 1110. The number of benzene rings is 2. The average Bonchev–Trinajstić information content (AvgIpc) is 3.09. The second-order valence-electron chi connectivity index (χ2n) is 8.46. The van der Waals surface area contributed by atoms with Gasteiger partial charge in [0.25, 0.3) is 0 Å². The minimum atomic E-state index is -3.66. The summed E-state index contributed by atoms with van der Waals surface area (Å²) < 4.78 is 30.3. The number of thioether (sulfide) groups is 1. The lowest BCUT2D eigenvalue weighted by Crippen LogP contribution is -2.29. The Hall–Kier alpha value is -2.36. The molecule has 0 aliphatic heterocycles. The fraction of sp³-hybridized carbons (Fsp3) is 0.364. The van der Waals surface area contributed by atoms with Crippen LogP contribution in [-0.4, -0.2) is 29.0 Å². The Morgan fingerprint density at radius 3 is 2.29 bits per heavy atom. The third kappa shape index (κ3) is 5.87. The summed E-state index contributed by atoms with van der Waals surface area (Å²) >= 11 is 1.46. The highest BCUT2D eigenvalue weighted by molar-refractivity contribution is 7.99. The molecule has 0 amide bonds. The van der Waals surface area contributed by atoms with Gasteiger partial charge in [-0.05, 0) is 31.0 Å². The molecule has 0 aliphatic carbocycles. The number of nitrogens with one attached hydrogen (secondary N) is 1. The summed E-state index contributed by atoms with van der Waals surface area (Å²) in [6.45, 7) is 8.01. The van der Waals surface area contributed by atoms with Crippen LogP contribution in [0, 0.1) is 6.92 Å². The maximum absolute atomic E-state index is 13.0. The molecule has 1 aromatic heterocycles. The van der Waals surface area contributed by atoms with Crippen LogP contribution in [0.15, 0.2) is 64.6 Å². The summed E-state index contributed by atoms with van der Waals surface area (Å²) in [5, 5.41) is 9.01. The molecule has 0 saturated heterocycles. The van der Waals surface area contributed by atoms with Gasteiger partial charge in [-0.2, -0.15) is 0 Å². The predicted octanol–water partition coefficient (Wildman–Crippen LogP) is 3.80. The summed E-state index contributed by atoms with van der Waals surface area (Å²) in [4.78, 5) is 0.253. The van der Waals surface area contributed by atoms with Crippen molar-refractivity contribution in [2.45, 2.75) is 55.6 Å². The van der Waals surface area contributed by atoms with Gasteiger partial charge in [0.05, 0.1) is 4.90 Å². The Morgan fingerprint density at radius 1 is 1.06 bits per heavy atom. The van der Waals surface area contributed by atoms with Gasteiger partial charge in [0.2, 0.25) is 15.2 Å². The van der Waals surface area contributed by atoms with Crippen molar-refractivity contribution in [3.05, 3.63) is 71.5 Å². The number of hydrogen-bond donors (Lipinski definition) is 2. The lowest BCUT2D eigenvalue weighted by molar-refractivity contribution is 0.523. The van der Waals surface area contributed by atoms with E-state index in [1.54, 1.807) is 24.3 Å². The molecule has 3 N–H and O–H groups in total. The van der Waals surface area contributed by atoms with Gasteiger partial charge in [0.1, 0.15) is 0 Å². The highest BCUT2D eigenvalue weighted by Gasteiger charge is 2.24. The van der Waals surface area contributed by atoms with Gasteiger partial charge in [-0.1, -0.05) is 80.6 Å². The Morgan fingerprint density at radius 2 is 1.71 bits per heavy atom. The number of aromatic nitrogens is 3. The Balaban J connectivity index is 1.75. The molecule has 0 bridgehead atoms. The molecule has 3 rings (SSSR count). The Labute approximate surface area is 188 Å². The van der Waals surface area contributed by atoms with E-state index in [9.17, 15) is 8.42 Å². The molecule has 166 valence electrons. The highest BCUT2D eigenvalue weighted by atomic mass is 32.2. The fourth-order valence-corrected chi connectivity index (χ4v) is 5.23. The van der Waals surface area contributed by atoms with E-state index in [1.165, 1.54) is 16.4 Å². The molecule has 1 heterocycles. The third-order valence-electron chi connectivity index (χ3n) is 4.80. The van der Waals surface area contributed by atoms with E-state index in [1.807, 2.05) is 58.0 Å². The molecule has 1 atom stereocenters. The zero-order chi connectivity index (χ0) is 22.6. The molecular weight excluding hydrogens is 430 g/mol. The average molecular weight is 460 g/mol. The van der Waals surface area contributed by atoms with Crippen molar-refractivity contribution in [1.82, 2.24) is 19.6 Å². The van der Waals surface area contributed by atoms with Crippen LogP contribution in [0.4, 0.5) is 0 Å². The van der Waals surface area contributed by atoms with Crippen LogP contribution in [0.5, 0.6) is 0 Å². The first-order valence-corrected chi connectivity index (χ1v) is 12.5. The number of hydrogen-bond acceptors (Lipinski definition) is 6. The van der Waals surface area contributed by atoms with Crippen LogP contribution in [0.1, 0.15) is 50.2 Å². The van der Waals surface area contributed by atoms with Crippen LogP contribution in [0.2, 0.25) is 0 Å². The van der Waals surface area contributed by atoms with Crippen molar-refractivity contribution >= 4 is 21.8 Å². The smallest absolute Gasteiger partial charge is 0.241 e. The van der Waals surface area contributed by atoms with Crippen LogP contribution in [-0.2, 0) is 15.4 Å². The molecule has 0 aliphatic rings. The summed E-state index contributed by atoms with van der Waals surface area (Å²) in [5.41, 5.74) is 1.70. The van der Waals surface area contributed by atoms with Crippen LogP contribution in [0.25, 0.3) is 0 Å². The molecule has 31 heavy (non-hydrogen) atoms. The molecule has 0 spiro atoms. The first-order chi connectivity index (χ1) is 14.6. The van der Waals surface area contributed by atoms with Gasteiger partial charge in [0.15, 0.2) is 5.82 Å². The SMILES string of the molecule is Cc1ccc(S(=O)(=O)NC(CCSc2nnc(C(C)(C)C)n2N)c2ccccc2)cc1. The molecule has 3 aromatic rings. The van der Waals surface area contributed by atoms with Gasteiger partial charge >= 0.3 is 0 Å². The van der Waals surface area contributed by atoms with Crippen LogP contribution >= 0.6 is 11.8 Å². The molecular formula is C22H29N5O2S2. The van der Waals surface area contributed by atoms with Crippen LogP contribution in [0.3, 0.4) is 0 Å². The van der Waals surface area contributed by atoms with Gasteiger partial charge < -0.3 is 5.84 Å². The second-order valence-corrected chi connectivity index (χ2v) is 11.2. The third-order valence-corrected chi connectivity index (χ3v) is 7.27. The van der Waals surface area contributed by atoms with Gasteiger partial charge in [-0.25, -0.2) is 17.8 Å². The van der Waals surface area contributed by atoms with Crippen molar-refractivity contribution < 1.29 is 8.42 Å². The standard InChI is InChI=1S/C22H29N5O2S2/c1-16-10-12-18(13-11-16)31(28,29)26-19(17-8-6-5-7-9-17)14-15-30-21-25-24-20(27(21)23)22(2,3)4/h5-13,19,26H,14-15,23H2,1-4H3. The monoisotopic (exact) mass is 459 g/mol. The fourth-order valence-electron chi connectivity index (χ4n) is 3.11. The lowest BCUT2D eigenvalue weighted by Gasteiger charge is -2.19. The van der Waals surface area contributed by atoms with E-state index in [0.717, 1.165) is 11.1 Å². The molecule has 9 heteroatoms. The van der Waals surface area contributed by atoms with Crippen LogP contribution < -0.4 is 10.6 Å². The number of nitrogens with zero attached hydrogens (tertiary/aromatic N) is 3. The first kappa shape index (κ1) is 23.3. The highest BCUT2D eigenvalue weighted by Crippen LogP contribution is 2.27. The topological polar surface area (TPSA) is 103 Å². The maximum atomic E-state index is 13.0. The van der Waals surface area contributed by atoms with E-state index in [0.29, 0.717) is 23.2 Å². The van der Waals surface area contributed by atoms with Gasteiger partial charge in [0, 0.05) is 17.2 Å². The number of sulfonamides is 1. The summed E-state index contributed by atoms with van der Waals surface area (Å²) in [6.07, 6.45) is 0.567. The zero-order valence-electron chi connectivity index (χ0n) is 18.2. The minimum Gasteiger partial charge on any atom is -0.336 e. The molecule has 2 aromatic carbocycles. The summed E-state index contributed by atoms with van der Waals surface area (Å²) in [6, 6.07) is 16.0. The van der Waals surface area contributed by atoms with Gasteiger partial charge in [-0.15, -0.1) is 10.2 Å². The van der Waals surface area contributed by atoms with Crippen molar-refractivity contribution in [3.8, 4) is 0 Å². The molecule has 7 nitrogen and oxygen atoms in total. The number of rotatable bonds is 8. The number of nitrogens with two attached hydrogens (primary N) is 1. The van der Waals surface area contributed by atoms with E-state index in [-0.39, 0.29) is 16.4 Å². The zero-order valence-corrected chi connectivity index (χ0v) is 19.9. The van der Waals surface area contributed by atoms with Crippen molar-refractivity contribution in [1.29, 1.82) is 0 Å². The molecule has 1 unspecified atom stereocenters. The van der Waals surface area contributed by atoms with E-state index < -0.39 is 10.0 Å². The predicted molar refractivity (Wildman–Crippen MR) is 125 cm³/mol. The largest absolute Gasteiger partial charge is 0.336 e. The molecule has 0 radical (unpaired) electrons. The van der Waals surface area contributed by atoms with E-state index >= 15 is 0 Å². The summed E-state index contributed by atoms with van der Waals surface area (Å²) in [5.74, 6) is 7.49. The maximum Gasteiger partial charge on any atom is 0.241 e. The molecule has 0 fully saturated rings. The quantitative estimate of drug-likeness (QED) is 0.392. The lowest BCUT2D eigenvalue weighted by atomic mass is 9.96. The second kappa shape index (κ2) is 9.42. The number of nitrogen functional groups attached to an aromatic ring is 1. The first-order valence-electron chi connectivity index (χ1n) is 10.1. The van der Waals surface area contributed by atoms with Crippen molar-refractivity contribution in [2.75, 3.05) is 11.6 Å². The minimum absolute atomic E-state index is 0.212. The Kier molecular flexibility index (Phi) is 7.08. The summed E-state index contributed by atoms with van der Waals surface area (Å²) in [7, 11) is -3.66. The van der Waals surface area contributed by atoms with E-state index in [4.69, 9.17) is 5.84 Å². The van der Waals surface area contributed by atoms with Gasteiger partial charge in [-0.3, -0.25) is 0 Å². The van der Waals surface area contributed by atoms with Crippen molar-refractivity contribution in [2.24, 2.45) is 0 Å².